The van der Waals surface area contributed by atoms with Crippen molar-refractivity contribution in [3.63, 3.8) is 0 Å². The summed E-state index contributed by atoms with van der Waals surface area (Å²) in [5, 5.41) is 12.2. The highest BCUT2D eigenvalue weighted by atomic mass is 19.1. The number of carbonyl (C=O) groups excluding carboxylic acids is 1. The number of benzene rings is 1. The van der Waals surface area contributed by atoms with Gasteiger partial charge in [-0.1, -0.05) is 6.42 Å². The summed E-state index contributed by atoms with van der Waals surface area (Å²) in [6.45, 7) is 1.83. The number of hydrogen-bond donors (Lipinski definition) is 2. The molecule has 5 heteroatoms. The topological polar surface area (TPSA) is 49.3 Å². The van der Waals surface area contributed by atoms with Gasteiger partial charge in [-0.15, -0.1) is 0 Å². The molecule has 3 nitrogen and oxygen atoms in total. The number of amides is 1. The Bertz CT molecular complexity index is 505. The molecule has 0 saturated heterocycles. The third-order valence-corrected chi connectivity index (χ3v) is 3.80. The largest absolute Gasteiger partial charge is 0.393 e. The van der Waals surface area contributed by atoms with Crippen molar-refractivity contribution >= 4 is 5.91 Å². The number of carbonyl (C=O) groups is 1. The molecule has 1 aromatic carbocycles. The van der Waals surface area contributed by atoms with Crippen LogP contribution in [0.3, 0.4) is 0 Å². The fraction of sp³-hybridized carbons (Fsp3) is 0.533. The number of hydrogen-bond acceptors (Lipinski definition) is 2. The molecule has 2 rings (SSSR count). The van der Waals surface area contributed by atoms with Crippen LogP contribution in [0.4, 0.5) is 8.78 Å². The van der Waals surface area contributed by atoms with Crippen LogP contribution in [-0.4, -0.2) is 23.7 Å². The Hall–Kier alpha value is -1.49. The van der Waals surface area contributed by atoms with E-state index in [0.717, 1.165) is 31.4 Å². The van der Waals surface area contributed by atoms with Gasteiger partial charge < -0.3 is 10.4 Å². The van der Waals surface area contributed by atoms with Crippen LogP contribution in [0.2, 0.25) is 0 Å². The molecule has 2 unspecified atom stereocenters. The molecule has 1 aliphatic carbocycles. The Balaban J connectivity index is 1.96. The van der Waals surface area contributed by atoms with Gasteiger partial charge in [0.25, 0.3) is 5.91 Å². The molecule has 110 valence electrons. The molecule has 2 N–H and O–H groups in total. The maximum absolute atomic E-state index is 13.6. The Kier molecular flexibility index (Phi) is 4.70. The molecule has 0 spiro atoms. The predicted octanol–water partition coefficient (Wildman–Crippen LogP) is 2.55. The number of aliphatic hydroxyl groups excluding tert-OH is 1. The zero-order valence-electron chi connectivity index (χ0n) is 11.5. The first-order valence-corrected chi connectivity index (χ1v) is 6.89. The molecule has 20 heavy (non-hydrogen) atoms. The van der Waals surface area contributed by atoms with Gasteiger partial charge in [-0.25, -0.2) is 8.78 Å². The molecular weight excluding hydrogens is 264 g/mol. The monoisotopic (exact) mass is 283 g/mol. The van der Waals surface area contributed by atoms with E-state index in [2.05, 4.69) is 5.32 Å². The Morgan fingerprint density at radius 1 is 1.35 bits per heavy atom. The van der Waals surface area contributed by atoms with E-state index in [9.17, 15) is 18.7 Å². The van der Waals surface area contributed by atoms with Crippen molar-refractivity contribution in [2.45, 2.75) is 38.7 Å². The van der Waals surface area contributed by atoms with E-state index in [0.29, 0.717) is 13.0 Å². The lowest BCUT2D eigenvalue weighted by Gasteiger charge is -2.25. The summed E-state index contributed by atoms with van der Waals surface area (Å²) < 4.78 is 27.0. The lowest BCUT2D eigenvalue weighted by molar-refractivity contribution is 0.0870. The average molecular weight is 283 g/mol. The highest BCUT2D eigenvalue weighted by molar-refractivity contribution is 5.94. The molecule has 0 heterocycles. The minimum Gasteiger partial charge on any atom is -0.393 e. The van der Waals surface area contributed by atoms with Crippen LogP contribution >= 0.6 is 0 Å². The summed E-state index contributed by atoms with van der Waals surface area (Å²) >= 11 is 0. The van der Waals surface area contributed by atoms with E-state index in [-0.39, 0.29) is 23.1 Å². The fourth-order valence-corrected chi connectivity index (χ4v) is 2.60. The lowest BCUT2D eigenvalue weighted by atomic mass is 9.87. The minimum atomic E-state index is -0.718. The third-order valence-electron chi connectivity index (χ3n) is 3.80. The average Bonchev–Trinajstić information content (AvgIpc) is 2.40. The highest BCUT2D eigenvalue weighted by Gasteiger charge is 2.21. The molecule has 1 aromatic rings. The van der Waals surface area contributed by atoms with Gasteiger partial charge in [0.2, 0.25) is 0 Å². The molecule has 0 bridgehead atoms. The number of aryl methyl sites for hydroxylation is 1. The fourth-order valence-electron chi connectivity index (χ4n) is 2.60. The van der Waals surface area contributed by atoms with Crippen molar-refractivity contribution in [1.29, 1.82) is 0 Å². The Morgan fingerprint density at radius 3 is 2.80 bits per heavy atom. The van der Waals surface area contributed by atoms with Gasteiger partial charge in [-0.05, 0) is 49.8 Å². The number of nitrogens with one attached hydrogen (secondary N) is 1. The molecule has 1 saturated carbocycles. The quantitative estimate of drug-likeness (QED) is 0.895. The summed E-state index contributed by atoms with van der Waals surface area (Å²) in [4.78, 5) is 11.9. The smallest absolute Gasteiger partial charge is 0.254 e. The van der Waals surface area contributed by atoms with Gasteiger partial charge >= 0.3 is 0 Å². The number of halogens is 2. The van der Waals surface area contributed by atoms with Crippen molar-refractivity contribution in [2.24, 2.45) is 5.92 Å². The van der Waals surface area contributed by atoms with Gasteiger partial charge in [0.15, 0.2) is 0 Å². The van der Waals surface area contributed by atoms with Crippen molar-refractivity contribution < 1.29 is 18.7 Å². The first kappa shape index (κ1) is 14.9. The van der Waals surface area contributed by atoms with Crippen LogP contribution in [0.15, 0.2) is 12.1 Å². The van der Waals surface area contributed by atoms with Crippen LogP contribution in [0.25, 0.3) is 0 Å². The molecule has 1 amide bonds. The van der Waals surface area contributed by atoms with E-state index in [4.69, 9.17) is 0 Å². The normalized spacial score (nSPS) is 22.6. The van der Waals surface area contributed by atoms with E-state index < -0.39 is 17.5 Å². The van der Waals surface area contributed by atoms with Crippen LogP contribution in [0.1, 0.15) is 41.6 Å². The molecule has 0 aliphatic heterocycles. The maximum Gasteiger partial charge on any atom is 0.254 e. The van der Waals surface area contributed by atoms with E-state index in [1.165, 1.54) is 6.92 Å². The second-order valence-corrected chi connectivity index (χ2v) is 5.48. The lowest BCUT2D eigenvalue weighted by Crippen LogP contribution is -2.33. The maximum atomic E-state index is 13.6. The SMILES string of the molecule is Cc1cc(F)c(C(=O)NCC2CCCC(O)C2)cc1F. The molecule has 0 aromatic heterocycles. The van der Waals surface area contributed by atoms with Crippen LogP contribution in [0.5, 0.6) is 0 Å². The highest BCUT2D eigenvalue weighted by Crippen LogP contribution is 2.23. The van der Waals surface area contributed by atoms with Crippen molar-refractivity contribution in [3.8, 4) is 0 Å². The van der Waals surface area contributed by atoms with Gasteiger partial charge in [-0.2, -0.15) is 0 Å². The van der Waals surface area contributed by atoms with Gasteiger partial charge in [0.1, 0.15) is 11.6 Å². The van der Waals surface area contributed by atoms with E-state index in [1.807, 2.05) is 0 Å². The first-order chi connectivity index (χ1) is 9.47. The summed E-state index contributed by atoms with van der Waals surface area (Å²) in [6, 6.07) is 1.95. The molecule has 1 fully saturated rings. The van der Waals surface area contributed by atoms with Crippen molar-refractivity contribution in [2.75, 3.05) is 6.54 Å². The summed E-state index contributed by atoms with van der Waals surface area (Å²) in [6.07, 6.45) is 2.98. The second kappa shape index (κ2) is 6.31. The standard InChI is InChI=1S/C15H19F2NO2/c1-9-5-14(17)12(7-13(9)16)15(20)18-8-10-3-2-4-11(19)6-10/h5,7,10-11,19H,2-4,6,8H2,1H3,(H,18,20). The van der Waals surface area contributed by atoms with E-state index >= 15 is 0 Å². The van der Waals surface area contributed by atoms with Crippen LogP contribution in [-0.2, 0) is 0 Å². The summed E-state index contributed by atoms with van der Waals surface area (Å²) in [5.41, 5.74) is -0.0982. The van der Waals surface area contributed by atoms with Gasteiger partial charge in [0.05, 0.1) is 11.7 Å². The zero-order valence-corrected chi connectivity index (χ0v) is 11.5. The van der Waals surface area contributed by atoms with E-state index in [1.54, 1.807) is 0 Å². The molecule has 2 atom stereocenters. The first-order valence-electron chi connectivity index (χ1n) is 6.89. The van der Waals surface area contributed by atoms with Crippen LogP contribution < -0.4 is 5.32 Å². The number of rotatable bonds is 3. The molecule has 0 radical (unpaired) electrons. The molecule has 1 aliphatic rings. The third kappa shape index (κ3) is 3.54. The minimum absolute atomic E-state index is 0.175. The van der Waals surface area contributed by atoms with Crippen molar-refractivity contribution in [1.82, 2.24) is 5.32 Å². The van der Waals surface area contributed by atoms with Crippen molar-refractivity contribution in [3.05, 3.63) is 34.9 Å². The zero-order chi connectivity index (χ0) is 14.7. The molecular formula is C15H19F2NO2. The number of aliphatic hydroxyl groups is 1. The second-order valence-electron chi connectivity index (χ2n) is 5.48. The summed E-state index contributed by atoms with van der Waals surface area (Å²) in [7, 11) is 0. The van der Waals surface area contributed by atoms with Crippen LogP contribution in [0, 0.1) is 24.5 Å². The van der Waals surface area contributed by atoms with Gasteiger partial charge in [0, 0.05) is 6.54 Å². The summed E-state index contributed by atoms with van der Waals surface area (Å²) in [5.74, 6) is -1.72. The van der Waals surface area contributed by atoms with Gasteiger partial charge in [-0.3, -0.25) is 4.79 Å². The predicted molar refractivity (Wildman–Crippen MR) is 71.4 cm³/mol. The Labute approximate surface area is 117 Å². The Morgan fingerprint density at radius 2 is 2.10 bits per heavy atom.